The van der Waals surface area contributed by atoms with E-state index in [0.717, 1.165) is 0 Å². The van der Waals surface area contributed by atoms with Gasteiger partial charge in [0.15, 0.2) is 0 Å². The van der Waals surface area contributed by atoms with Gasteiger partial charge in [0.05, 0.1) is 6.10 Å². The molecular weight excluding hydrogens is 207 g/mol. The molecule has 0 bridgehead atoms. The van der Waals surface area contributed by atoms with Crippen molar-refractivity contribution in [2.45, 2.75) is 25.5 Å². The van der Waals surface area contributed by atoms with Gasteiger partial charge in [0.2, 0.25) is 0 Å². The number of H-pyrrole nitrogens is 1. The molecule has 0 saturated heterocycles. The Labute approximate surface area is 93.1 Å². The highest BCUT2D eigenvalue weighted by atomic mass is 19.1. The van der Waals surface area contributed by atoms with Gasteiger partial charge in [0.1, 0.15) is 5.82 Å². The van der Waals surface area contributed by atoms with Crippen molar-refractivity contribution in [3.63, 3.8) is 0 Å². The normalized spacial score (nSPS) is 15.2. The van der Waals surface area contributed by atoms with Gasteiger partial charge in [0, 0.05) is 28.7 Å². The molecule has 4 N–H and O–H groups in total. The zero-order chi connectivity index (χ0) is 11.7. The fourth-order valence-corrected chi connectivity index (χ4v) is 1.85. The first kappa shape index (κ1) is 11.1. The van der Waals surface area contributed by atoms with E-state index in [-0.39, 0.29) is 11.9 Å². The summed E-state index contributed by atoms with van der Waals surface area (Å²) in [6, 6.07) is 4.40. The summed E-state index contributed by atoms with van der Waals surface area (Å²) in [5.74, 6) is -0.337. The van der Waals surface area contributed by atoms with Crippen molar-refractivity contribution >= 4 is 10.9 Å². The zero-order valence-electron chi connectivity index (χ0n) is 9.07. The first-order valence-electron chi connectivity index (χ1n) is 5.34. The Balaban J connectivity index is 2.53. The first-order chi connectivity index (χ1) is 7.65. The number of aromatic nitrogens is 1. The number of rotatable bonds is 3. The van der Waals surface area contributed by atoms with E-state index in [1.165, 1.54) is 6.07 Å². The van der Waals surface area contributed by atoms with Crippen LogP contribution in [-0.2, 0) is 0 Å². The molecule has 0 aliphatic carbocycles. The number of benzene rings is 1. The summed E-state index contributed by atoms with van der Waals surface area (Å²) in [7, 11) is 0. The minimum Gasteiger partial charge on any atom is -0.387 e. The molecule has 0 saturated carbocycles. The van der Waals surface area contributed by atoms with Crippen LogP contribution in [0.4, 0.5) is 4.39 Å². The minimum atomic E-state index is -0.837. The molecule has 3 nitrogen and oxygen atoms in total. The molecule has 2 rings (SSSR count). The lowest BCUT2D eigenvalue weighted by Gasteiger charge is -2.16. The Kier molecular flexibility index (Phi) is 2.94. The third-order valence-corrected chi connectivity index (χ3v) is 2.88. The lowest BCUT2D eigenvalue weighted by molar-refractivity contribution is 0.145. The first-order valence-corrected chi connectivity index (χ1v) is 5.34. The van der Waals surface area contributed by atoms with Crippen LogP contribution in [0.1, 0.15) is 25.0 Å². The van der Waals surface area contributed by atoms with E-state index in [0.29, 0.717) is 22.9 Å². The average Bonchev–Trinajstić information content (AvgIpc) is 2.72. The van der Waals surface area contributed by atoms with Crippen molar-refractivity contribution in [1.29, 1.82) is 0 Å². The lowest BCUT2D eigenvalue weighted by Crippen LogP contribution is -2.27. The van der Waals surface area contributed by atoms with Crippen molar-refractivity contribution < 1.29 is 9.50 Å². The smallest absolute Gasteiger partial charge is 0.132 e. The van der Waals surface area contributed by atoms with Crippen molar-refractivity contribution in [3.8, 4) is 0 Å². The fourth-order valence-electron chi connectivity index (χ4n) is 1.85. The number of halogens is 1. The topological polar surface area (TPSA) is 62.0 Å². The van der Waals surface area contributed by atoms with Crippen LogP contribution in [0.3, 0.4) is 0 Å². The number of fused-ring (bicyclic) bond motifs is 1. The van der Waals surface area contributed by atoms with Gasteiger partial charge in [-0.3, -0.25) is 0 Å². The Morgan fingerprint density at radius 1 is 1.50 bits per heavy atom. The van der Waals surface area contributed by atoms with E-state index in [9.17, 15) is 9.50 Å². The van der Waals surface area contributed by atoms with Crippen LogP contribution in [-0.4, -0.2) is 16.1 Å². The maximum atomic E-state index is 13.6. The van der Waals surface area contributed by atoms with E-state index in [1.54, 1.807) is 18.3 Å². The molecule has 2 aromatic rings. The molecule has 2 atom stereocenters. The summed E-state index contributed by atoms with van der Waals surface area (Å²) < 4.78 is 13.6. The number of hydrogen-bond acceptors (Lipinski definition) is 2. The number of aliphatic hydroxyl groups excluding tert-OH is 1. The van der Waals surface area contributed by atoms with E-state index >= 15 is 0 Å². The van der Waals surface area contributed by atoms with Crippen molar-refractivity contribution in [2.75, 3.05) is 0 Å². The molecule has 1 aromatic carbocycles. The van der Waals surface area contributed by atoms with E-state index in [2.05, 4.69) is 4.98 Å². The summed E-state index contributed by atoms with van der Waals surface area (Å²) in [5, 5.41) is 10.4. The second-order valence-electron chi connectivity index (χ2n) is 3.92. The Hall–Kier alpha value is -1.39. The molecule has 0 amide bonds. The standard InChI is InChI=1S/C12H15FN2O/c1-2-9(14)12(16)7-6-15-10-5-3-4-8(13)11(7)10/h3-6,9,12,15-16H,2,14H2,1H3. The predicted molar refractivity (Wildman–Crippen MR) is 61.5 cm³/mol. The van der Waals surface area contributed by atoms with E-state index < -0.39 is 6.10 Å². The van der Waals surface area contributed by atoms with Crippen molar-refractivity contribution in [2.24, 2.45) is 5.73 Å². The van der Waals surface area contributed by atoms with Crippen molar-refractivity contribution in [1.82, 2.24) is 4.98 Å². The Morgan fingerprint density at radius 3 is 2.94 bits per heavy atom. The molecule has 16 heavy (non-hydrogen) atoms. The Morgan fingerprint density at radius 2 is 2.25 bits per heavy atom. The fraction of sp³-hybridized carbons (Fsp3) is 0.333. The summed E-state index contributed by atoms with van der Waals surface area (Å²) in [6.07, 6.45) is 1.42. The Bertz CT molecular complexity index is 495. The summed E-state index contributed by atoms with van der Waals surface area (Å²) >= 11 is 0. The van der Waals surface area contributed by atoms with Crippen LogP contribution in [0.2, 0.25) is 0 Å². The molecule has 86 valence electrons. The third-order valence-electron chi connectivity index (χ3n) is 2.88. The molecule has 4 heteroatoms. The van der Waals surface area contributed by atoms with Gasteiger partial charge in [-0.2, -0.15) is 0 Å². The monoisotopic (exact) mass is 222 g/mol. The van der Waals surface area contributed by atoms with Crippen LogP contribution in [0.5, 0.6) is 0 Å². The summed E-state index contributed by atoms with van der Waals surface area (Å²) in [5.41, 5.74) is 6.97. The van der Waals surface area contributed by atoms with Gasteiger partial charge in [0.25, 0.3) is 0 Å². The average molecular weight is 222 g/mol. The van der Waals surface area contributed by atoms with Gasteiger partial charge >= 0.3 is 0 Å². The largest absolute Gasteiger partial charge is 0.387 e. The number of hydrogen-bond donors (Lipinski definition) is 3. The minimum absolute atomic E-state index is 0.337. The van der Waals surface area contributed by atoms with Crippen LogP contribution in [0.15, 0.2) is 24.4 Å². The van der Waals surface area contributed by atoms with Crippen LogP contribution in [0.25, 0.3) is 10.9 Å². The van der Waals surface area contributed by atoms with Crippen LogP contribution < -0.4 is 5.73 Å². The van der Waals surface area contributed by atoms with E-state index in [4.69, 9.17) is 5.73 Å². The van der Waals surface area contributed by atoms with Gasteiger partial charge in [-0.25, -0.2) is 4.39 Å². The van der Waals surface area contributed by atoms with Crippen LogP contribution >= 0.6 is 0 Å². The number of aliphatic hydroxyl groups is 1. The zero-order valence-corrected chi connectivity index (χ0v) is 9.07. The lowest BCUT2D eigenvalue weighted by atomic mass is 10.0. The highest BCUT2D eigenvalue weighted by molar-refractivity contribution is 5.84. The molecule has 1 aromatic heterocycles. The van der Waals surface area contributed by atoms with Crippen molar-refractivity contribution in [3.05, 3.63) is 35.8 Å². The molecule has 1 heterocycles. The van der Waals surface area contributed by atoms with Gasteiger partial charge in [-0.15, -0.1) is 0 Å². The summed E-state index contributed by atoms with van der Waals surface area (Å²) in [6.45, 7) is 1.89. The SMILES string of the molecule is CCC(N)C(O)c1c[nH]c2cccc(F)c12. The second kappa shape index (κ2) is 4.23. The quantitative estimate of drug-likeness (QED) is 0.744. The molecule has 0 fully saturated rings. The predicted octanol–water partition coefficient (Wildman–Crippen LogP) is 2.08. The van der Waals surface area contributed by atoms with Gasteiger partial charge < -0.3 is 15.8 Å². The van der Waals surface area contributed by atoms with Gasteiger partial charge in [-0.05, 0) is 18.6 Å². The maximum Gasteiger partial charge on any atom is 0.132 e. The third kappa shape index (κ3) is 1.70. The van der Waals surface area contributed by atoms with Gasteiger partial charge in [-0.1, -0.05) is 13.0 Å². The number of nitrogens with two attached hydrogens (primary N) is 1. The molecule has 0 aliphatic heterocycles. The second-order valence-corrected chi connectivity index (χ2v) is 3.92. The molecule has 2 unspecified atom stereocenters. The van der Waals surface area contributed by atoms with E-state index in [1.807, 2.05) is 6.92 Å². The molecule has 0 radical (unpaired) electrons. The number of nitrogens with one attached hydrogen (secondary N) is 1. The summed E-state index contributed by atoms with van der Waals surface area (Å²) in [4.78, 5) is 2.93. The highest BCUT2D eigenvalue weighted by Gasteiger charge is 2.20. The van der Waals surface area contributed by atoms with Crippen LogP contribution in [0, 0.1) is 5.82 Å². The molecule has 0 spiro atoms. The maximum absolute atomic E-state index is 13.6. The molecule has 0 aliphatic rings. The highest BCUT2D eigenvalue weighted by Crippen LogP contribution is 2.28. The molecular formula is C12H15FN2O. The number of aromatic amines is 1.